The summed E-state index contributed by atoms with van der Waals surface area (Å²) in [6, 6.07) is 5.76. The summed E-state index contributed by atoms with van der Waals surface area (Å²) in [5, 5.41) is 11.0. The van der Waals surface area contributed by atoms with Crippen molar-refractivity contribution in [2.45, 2.75) is 11.8 Å². The molecule has 0 aliphatic heterocycles. The number of amides is 1. The van der Waals surface area contributed by atoms with Crippen molar-refractivity contribution in [3.05, 3.63) is 40.1 Å². The molecule has 2 rings (SSSR count). The number of phenols is 1. The summed E-state index contributed by atoms with van der Waals surface area (Å²) in [6.07, 6.45) is 0. The number of benzene rings is 1. The van der Waals surface area contributed by atoms with Crippen LogP contribution in [-0.4, -0.2) is 19.4 Å². The van der Waals surface area contributed by atoms with Crippen LogP contribution in [0.15, 0.2) is 34.5 Å². The first-order valence-electron chi connectivity index (χ1n) is 5.50. The van der Waals surface area contributed by atoms with E-state index in [2.05, 4.69) is 4.72 Å². The standard InChI is InChI=1S/C12H12N2O4S2/c1-7-2-3-10(15)9(4-7)14-20(17,18)8-5-11(12(13)16)19-6-8/h2-6,14-15H,1H3,(H2,13,16). The third-order valence-electron chi connectivity index (χ3n) is 2.52. The molecule has 0 saturated heterocycles. The number of nitrogens with two attached hydrogens (primary N) is 1. The average molecular weight is 312 g/mol. The van der Waals surface area contributed by atoms with Gasteiger partial charge in [0.2, 0.25) is 0 Å². The second kappa shape index (κ2) is 5.14. The van der Waals surface area contributed by atoms with E-state index in [0.29, 0.717) is 0 Å². The van der Waals surface area contributed by atoms with Gasteiger partial charge in [0, 0.05) is 5.38 Å². The molecule has 0 radical (unpaired) electrons. The number of sulfonamides is 1. The number of thiophene rings is 1. The van der Waals surface area contributed by atoms with Gasteiger partial charge in [-0.2, -0.15) is 0 Å². The second-order valence-corrected chi connectivity index (χ2v) is 6.73. The maximum Gasteiger partial charge on any atom is 0.262 e. The highest BCUT2D eigenvalue weighted by Gasteiger charge is 2.19. The van der Waals surface area contributed by atoms with Gasteiger partial charge in [-0.1, -0.05) is 6.07 Å². The first kappa shape index (κ1) is 14.4. The molecule has 0 atom stereocenters. The van der Waals surface area contributed by atoms with Crippen molar-refractivity contribution in [1.29, 1.82) is 0 Å². The minimum absolute atomic E-state index is 0.0720. The monoisotopic (exact) mass is 312 g/mol. The van der Waals surface area contributed by atoms with Gasteiger partial charge in [-0.25, -0.2) is 8.42 Å². The minimum atomic E-state index is -3.87. The fraction of sp³-hybridized carbons (Fsp3) is 0.0833. The molecule has 0 bridgehead atoms. The molecule has 8 heteroatoms. The van der Waals surface area contributed by atoms with E-state index in [1.165, 1.54) is 23.6 Å². The predicted molar refractivity (Wildman–Crippen MR) is 76.5 cm³/mol. The molecule has 1 amide bonds. The molecule has 1 aromatic heterocycles. The summed E-state index contributed by atoms with van der Waals surface area (Å²) in [7, 11) is -3.87. The lowest BCUT2D eigenvalue weighted by molar-refractivity contribution is 0.100. The van der Waals surface area contributed by atoms with Crippen LogP contribution in [-0.2, 0) is 10.0 Å². The average Bonchev–Trinajstić information content (AvgIpc) is 2.84. The number of rotatable bonds is 4. The van der Waals surface area contributed by atoms with Crippen molar-refractivity contribution in [2.24, 2.45) is 5.73 Å². The molecule has 6 nitrogen and oxygen atoms in total. The van der Waals surface area contributed by atoms with Gasteiger partial charge in [0.1, 0.15) is 5.75 Å². The van der Waals surface area contributed by atoms with Crippen LogP contribution in [0.4, 0.5) is 5.69 Å². The second-order valence-electron chi connectivity index (χ2n) is 4.14. The normalized spacial score (nSPS) is 11.2. The Bertz CT molecular complexity index is 766. The molecule has 106 valence electrons. The molecule has 2 aromatic rings. The van der Waals surface area contributed by atoms with Crippen LogP contribution < -0.4 is 10.5 Å². The molecule has 1 aromatic carbocycles. The van der Waals surface area contributed by atoms with E-state index in [4.69, 9.17) is 5.73 Å². The van der Waals surface area contributed by atoms with Crippen LogP contribution in [0.3, 0.4) is 0 Å². The van der Waals surface area contributed by atoms with Gasteiger partial charge in [-0.15, -0.1) is 11.3 Å². The smallest absolute Gasteiger partial charge is 0.262 e. The molecule has 0 aliphatic rings. The van der Waals surface area contributed by atoms with Crippen molar-refractivity contribution < 1.29 is 18.3 Å². The van der Waals surface area contributed by atoms with E-state index < -0.39 is 15.9 Å². The van der Waals surface area contributed by atoms with Crippen LogP contribution in [0.25, 0.3) is 0 Å². The van der Waals surface area contributed by atoms with Crippen molar-refractivity contribution in [3.8, 4) is 5.75 Å². The number of hydrogen-bond donors (Lipinski definition) is 3. The van der Waals surface area contributed by atoms with Gasteiger partial charge in [0.15, 0.2) is 0 Å². The molecule has 0 aliphatic carbocycles. The number of anilines is 1. The summed E-state index contributed by atoms with van der Waals surface area (Å²) < 4.78 is 26.5. The molecule has 1 heterocycles. The number of primary amides is 1. The molecule has 4 N–H and O–H groups in total. The van der Waals surface area contributed by atoms with Crippen molar-refractivity contribution in [2.75, 3.05) is 4.72 Å². The molecule has 0 fully saturated rings. The molecule has 20 heavy (non-hydrogen) atoms. The zero-order valence-corrected chi connectivity index (χ0v) is 12.1. The van der Waals surface area contributed by atoms with Crippen LogP contribution in [0.2, 0.25) is 0 Å². The number of carbonyl (C=O) groups is 1. The summed E-state index contributed by atoms with van der Waals surface area (Å²) in [4.78, 5) is 11.1. The van der Waals surface area contributed by atoms with Crippen molar-refractivity contribution in [1.82, 2.24) is 0 Å². The largest absolute Gasteiger partial charge is 0.506 e. The topological polar surface area (TPSA) is 109 Å². The van der Waals surface area contributed by atoms with E-state index in [1.807, 2.05) is 0 Å². The number of nitrogens with one attached hydrogen (secondary N) is 1. The Kier molecular flexibility index (Phi) is 3.69. The predicted octanol–water partition coefficient (Wildman–Crippen LogP) is 1.66. The molecule has 0 saturated carbocycles. The fourth-order valence-electron chi connectivity index (χ4n) is 1.52. The fourth-order valence-corrected chi connectivity index (χ4v) is 3.72. The quantitative estimate of drug-likeness (QED) is 0.746. The van der Waals surface area contributed by atoms with Gasteiger partial charge in [0.05, 0.1) is 15.5 Å². The number of hydrogen-bond acceptors (Lipinski definition) is 5. The summed E-state index contributed by atoms with van der Waals surface area (Å²) >= 11 is 0.946. The van der Waals surface area contributed by atoms with Crippen LogP contribution >= 0.6 is 11.3 Å². The highest BCUT2D eigenvalue weighted by molar-refractivity contribution is 7.92. The van der Waals surface area contributed by atoms with Crippen molar-refractivity contribution >= 4 is 33.0 Å². The zero-order chi connectivity index (χ0) is 14.9. The van der Waals surface area contributed by atoms with Crippen LogP contribution in [0.1, 0.15) is 15.2 Å². The lowest BCUT2D eigenvalue weighted by Crippen LogP contribution is -2.13. The third-order valence-corrected chi connectivity index (χ3v) is 4.96. The SMILES string of the molecule is Cc1ccc(O)c(NS(=O)(=O)c2csc(C(N)=O)c2)c1. The molecule has 0 unspecified atom stereocenters. The van der Waals surface area contributed by atoms with E-state index in [1.54, 1.807) is 13.0 Å². The lowest BCUT2D eigenvalue weighted by Gasteiger charge is -2.09. The number of carbonyl (C=O) groups excluding carboxylic acids is 1. The summed E-state index contributed by atoms with van der Waals surface area (Å²) in [5.74, 6) is -0.862. The maximum atomic E-state index is 12.1. The summed E-state index contributed by atoms with van der Waals surface area (Å²) in [5.41, 5.74) is 5.96. The first-order chi connectivity index (χ1) is 9.29. The Morgan fingerprint density at radius 3 is 2.65 bits per heavy atom. The highest BCUT2D eigenvalue weighted by atomic mass is 32.2. The van der Waals surface area contributed by atoms with E-state index in [-0.39, 0.29) is 21.2 Å². The Hall–Kier alpha value is -2.06. The van der Waals surface area contributed by atoms with Crippen molar-refractivity contribution in [3.63, 3.8) is 0 Å². The molecule has 0 spiro atoms. The van der Waals surface area contributed by atoms with E-state index in [0.717, 1.165) is 16.9 Å². The van der Waals surface area contributed by atoms with Gasteiger partial charge in [0.25, 0.3) is 15.9 Å². The van der Waals surface area contributed by atoms with Gasteiger partial charge < -0.3 is 10.8 Å². The Balaban J connectivity index is 2.35. The maximum absolute atomic E-state index is 12.1. The van der Waals surface area contributed by atoms with Crippen LogP contribution in [0.5, 0.6) is 5.75 Å². The number of aryl methyl sites for hydroxylation is 1. The van der Waals surface area contributed by atoms with Gasteiger partial charge in [-0.3, -0.25) is 9.52 Å². The minimum Gasteiger partial charge on any atom is -0.506 e. The Morgan fingerprint density at radius 1 is 1.35 bits per heavy atom. The molecular formula is C12H12N2O4S2. The first-order valence-corrected chi connectivity index (χ1v) is 7.86. The molecular weight excluding hydrogens is 300 g/mol. The Labute approximate surface area is 119 Å². The number of aromatic hydroxyl groups is 1. The van der Waals surface area contributed by atoms with E-state index in [9.17, 15) is 18.3 Å². The third kappa shape index (κ3) is 2.91. The summed E-state index contributed by atoms with van der Waals surface area (Å²) in [6.45, 7) is 1.77. The van der Waals surface area contributed by atoms with E-state index >= 15 is 0 Å². The van der Waals surface area contributed by atoms with Crippen LogP contribution in [0, 0.1) is 6.92 Å². The number of phenolic OH excluding ortho intramolecular Hbond substituents is 1. The zero-order valence-electron chi connectivity index (χ0n) is 10.5. The van der Waals surface area contributed by atoms with Gasteiger partial charge >= 0.3 is 0 Å². The lowest BCUT2D eigenvalue weighted by atomic mass is 10.2. The Morgan fingerprint density at radius 2 is 2.05 bits per heavy atom. The van der Waals surface area contributed by atoms with Gasteiger partial charge in [-0.05, 0) is 30.7 Å². The highest BCUT2D eigenvalue weighted by Crippen LogP contribution is 2.28.